The van der Waals surface area contributed by atoms with Crippen molar-refractivity contribution in [3.8, 4) is 0 Å². The maximum Gasteiger partial charge on any atom is 0.230 e. The molecule has 0 bridgehead atoms. The molecule has 1 amide bonds. The summed E-state index contributed by atoms with van der Waals surface area (Å²) >= 11 is 1.21. The third kappa shape index (κ3) is 4.21. The van der Waals surface area contributed by atoms with E-state index >= 15 is 0 Å². The zero-order chi connectivity index (χ0) is 14.4. The van der Waals surface area contributed by atoms with E-state index in [0.717, 1.165) is 19.3 Å². The van der Waals surface area contributed by atoms with Gasteiger partial charge in [0.25, 0.3) is 0 Å². The molecule has 1 fully saturated rings. The smallest absolute Gasteiger partial charge is 0.230 e. The van der Waals surface area contributed by atoms with Crippen LogP contribution in [0, 0.1) is 17.7 Å². The summed E-state index contributed by atoms with van der Waals surface area (Å²) in [5.74, 6) is 0.539. The highest BCUT2D eigenvalue weighted by atomic mass is 32.2. The molecule has 20 heavy (non-hydrogen) atoms. The number of benzene rings is 1. The molecule has 0 radical (unpaired) electrons. The first kappa shape index (κ1) is 15.3. The largest absolute Gasteiger partial charge is 0.396 e. The number of hydrogen-bond donors (Lipinski definition) is 2. The van der Waals surface area contributed by atoms with Crippen molar-refractivity contribution in [1.82, 2.24) is 5.32 Å². The Morgan fingerprint density at radius 1 is 1.35 bits per heavy atom. The quantitative estimate of drug-likeness (QED) is 0.793. The van der Waals surface area contributed by atoms with E-state index in [4.69, 9.17) is 0 Å². The van der Waals surface area contributed by atoms with Crippen LogP contribution in [-0.4, -0.2) is 29.9 Å². The highest BCUT2D eigenvalue weighted by molar-refractivity contribution is 8.00. The number of amides is 1. The van der Waals surface area contributed by atoms with Crippen LogP contribution in [0.25, 0.3) is 0 Å². The number of rotatable bonds is 6. The average molecular weight is 297 g/mol. The molecule has 2 N–H and O–H groups in total. The second-order valence-electron chi connectivity index (χ2n) is 5.16. The first-order valence-electron chi connectivity index (χ1n) is 6.95. The lowest BCUT2D eigenvalue weighted by Gasteiger charge is -2.17. The van der Waals surface area contributed by atoms with Crippen LogP contribution in [0.3, 0.4) is 0 Å². The van der Waals surface area contributed by atoms with Gasteiger partial charge in [0.1, 0.15) is 5.82 Å². The fourth-order valence-corrected chi connectivity index (χ4v) is 3.39. The predicted molar refractivity (Wildman–Crippen MR) is 78.1 cm³/mol. The molecular weight excluding hydrogens is 277 g/mol. The SMILES string of the molecule is O=C(CSc1ccccc1F)NCC1CCCC1CO. The van der Waals surface area contributed by atoms with E-state index < -0.39 is 0 Å². The van der Waals surface area contributed by atoms with Crippen LogP contribution in [-0.2, 0) is 4.79 Å². The molecule has 3 nitrogen and oxygen atoms in total. The topological polar surface area (TPSA) is 49.3 Å². The zero-order valence-electron chi connectivity index (χ0n) is 11.3. The van der Waals surface area contributed by atoms with Gasteiger partial charge >= 0.3 is 0 Å². The van der Waals surface area contributed by atoms with E-state index in [2.05, 4.69) is 5.32 Å². The summed E-state index contributed by atoms with van der Waals surface area (Å²) in [6.07, 6.45) is 3.22. The van der Waals surface area contributed by atoms with E-state index in [9.17, 15) is 14.3 Å². The van der Waals surface area contributed by atoms with Crippen LogP contribution in [0.5, 0.6) is 0 Å². The molecule has 1 saturated carbocycles. The van der Waals surface area contributed by atoms with Crippen LogP contribution in [0.4, 0.5) is 4.39 Å². The van der Waals surface area contributed by atoms with Gasteiger partial charge in [-0.3, -0.25) is 4.79 Å². The van der Waals surface area contributed by atoms with Gasteiger partial charge < -0.3 is 10.4 Å². The number of aliphatic hydroxyl groups is 1. The van der Waals surface area contributed by atoms with E-state index in [1.165, 1.54) is 17.8 Å². The average Bonchev–Trinajstić information content (AvgIpc) is 2.91. The van der Waals surface area contributed by atoms with Gasteiger partial charge in [-0.05, 0) is 36.8 Å². The standard InChI is InChI=1S/C15H20FNO2S/c16-13-6-1-2-7-14(13)20-10-15(19)17-8-11-4-3-5-12(11)9-18/h1-2,6-7,11-12,18H,3-5,8-10H2,(H,17,19). The Hall–Kier alpha value is -1.07. The molecule has 1 aromatic carbocycles. The summed E-state index contributed by atoms with van der Waals surface area (Å²) in [7, 11) is 0. The van der Waals surface area contributed by atoms with Crippen molar-refractivity contribution >= 4 is 17.7 Å². The molecule has 2 atom stereocenters. The predicted octanol–water partition coefficient (Wildman–Crippen LogP) is 2.44. The first-order chi connectivity index (χ1) is 9.70. The summed E-state index contributed by atoms with van der Waals surface area (Å²) in [6, 6.07) is 6.46. The molecule has 1 aromatic rings. The van der Waals surface area contributed by atoms with Crippen molar-refractivity contribution in [1.29, 1.82) is 0 Å². The fourth-order valence-electron chi connectivity index (χ4n) is 2.62. The number of halogens is 1. The lowest BCUT2D eigenvalue weighted by Crippen LogP contribution is -2.32. The molecular formula is C15H20FNO2S. The Labute approximate surface area is 123 Å². The third-order valence-corrected chi connectivity index (χ3v) is 4.86. The molecule has 0 heterocycles. The van der Waals surface area contributed by atoms with Gasteiger partial charge in [0.2, 0.25) is 5.91 Å². The minimum atomic E-state index is -0.290. The Kier molecular flexibility index (Phi) is 5.86. The van der Waals surface area contributed by atoms with Gasteiger partial charge in [-0.1, -0.05) is 18.6 Å². The number of aliphatic hydroxyl groups excluding tert-OH is 1. The van der Waals surface area contributed by atoms with Crippen molar-refractivity contribution in [2.45, 2.75) is 24.2 Å². The van der Waals surface area contributed by atoms with Crippen molar-refractivity contribution in [3.63, 3.8) is 0 Å². The molecule has 2 unspecified atom stereocenters. The number of nitrogens with one attached hydrogen (secondary N) is 1. The van der Waals surface area contributed by atoms with E-state index in [1.54, 1.807) is 18.2 Å². The molecule has 0 spiro atoms. The molecule has 110 valence electrons. The second-order valence-corrected chi connectivity index (χ2v) is 6.17. The minimum Gasteiger partial charge on any atom is -0.396 e. The Morgan fingerprint density at radius 2 is 2.10 bits per heavy atom. The Bertz CT molecular complexity index is 455. The van der Waals surface area contributed by atoms with E-state index in [0.29, 0.717) is 23.3 Å². The lowest BCUT2D eigenvalue weighted by molar-refractivity contribution is -0.118. The van der Waals surface area contributed by atoms with Crippen molar-refractivity contribution in [3.05, 3.63) is 30.1 Å². The van der Waals surface area contributed by atoms with Crippen LogP contribution in [0.1, 0.15) is 19.3 Å². The first-order valence-corrected chi connectivity index (χ1v) is 7.94. The molecule has 0 aromatic heterocycles. The van der Waals surface area contributed by atoms with Gasteiger partial charge in [0.05, 0.1) is 5.75 Å². The van der Waals surface area contributed by atoms with E-state index in [1.807, 2.05) is 0 Å². The number of carbonyl (C=O) groups is 1. The molecule has 2 rings (SSSR count). The van der Waals surface area contributed by atoms with Gasteiger partial charge in [-0.2, -0.15) is 0 Å². The zero-order valence-corrected chi connectivity index (χ0v) is 12.2. The monoisotopic (exact) mass is 297 g/mol. The normalized spacial score (nSPS) is 21.9. The summed E-state index contributed by atoms with van der Waals surface area (Å²) < 4.78 is 13.4. The van der Waals surface area contributed by atoms with Crippen molar-refractivity contribution < 1.29 is 14.3 Å². The lowest BCUT2D eigenvalue weighted by atomic mass is 9.97. The summed E-state index contributed by atoms with van der Waals surface area (Å²) in [6.45, 7) is 0.812. The molecule has 0 aliphatic heterocycles. The van der Waals surface area contributed by atoms with Crippen molar-refractivity contribution in [2.24, 2.45) is 11.8 Å². The molecule has 1 aliphatic carbocycles. The Morgan fingerprint density at radius 3 is 2.85 bits per heavy atom. The maximum absolute atomic E-state index is 13.4. The van der Waals surface area contributed by atoms with Gasteiger partial charge in [0.15, 0.2) is 0 Å². The number of hydrogen-bond acceptors (Lipinski definition) is 3. The van der Waals surface area contributed by atoms with Gasteiger partial charge in [-0.15, -0.1) is 11.8 Å². The highest BCUT2D eigenvalue weighted by Crippen LogP contribution is 2.30. The third-order valence-electron chi connectivity index (χ3n) is 3.81. The highest BCUT2D eigenvalue weighted by Gasteiger charge is 2.26. The second kappa shape index (κ2) is 7.64. The minimum absolute atomic E-state index is 0.0816. The van der Waals surface area contributed by atoms with Crippen LogP contribution < -0.4 is 5.32 Å². The van der Waals surface area contributed by atoms with Gasteiger partial charge in [0, 0.05) is 18.0 Å². The van der Waals surface area contributed by atoms with Crippen LogP contribution in [0.2, 0.25) is 0 Å². The van der Waals surface area contributed by atoms with Crippen LogP contribution in [0.15, 0.2) is 29.2 Å². The summed E-state index contributed by atoms with van der Waals surface area (Å²) in [5.41, 5.74) is 0. The van der Waals surface area contributed by atoms with E-state index in [-0.39, 0.29) is 24.1 Å². The molecule has 1 aliphatic rings. The molecule has 5 heteroatoms. The molecule has 0 saturated heterocycles. The summed E-state index contributed by atoms with van der Waals surface area (Å²) in [5, 5.41) is 12.1. The summed E-state index contributed by atoms with van der Waals surface area (Å²) in [4.78, 5) is 12.3. The van der Waals surface area contributed by atoms with Gasteiger partial charge in [-0.25, -0.2) is 4.39 Å². The van der Waals surface area contributed by atoms with Crippen molar-refractivity contribution in [2.75, 3.05) is 18.9 Å². The fraction of sp³-hybridized carbons (Fsp3) is 0.533. The number of carbonyl (C=O) groups excluding carboxylic acids is 1. The Balaban J connectivity index is 1.72. The van der Waals surface area contributed by atoms with Crippen LogP contribution >= 0.6 is 11.8 Å². The maximum atomic E-state index is 13.4. The number of thioether (sulfide) groups is 1.